The van der Waals surface area contributed by atoms with Crippen LogP contribution in [0.3, 0.4) is 0 Å². The summed E-state index contributed by atoms with van der Waals surface area (Å²) in [6.07, 6.45) is 0.419. The third-order valence-electron chi connectivity index (χ3n) is 3.54. The molecule has 114 valence electrons. The van der Waals surface area contributed by atoms with Crippen LogP contribution in [-0.2, 0) is 9.59 Å². The molecule has 7 heteroatoms. The van der Waals surface area contributed by atoms with Crippen molar-refractivity contribution in [1.29, 1.82) is 0 Å². The summed E-state index contributed by atoms with van der Waals surface area (Å²) in [7, 11) is 0. The van der Waals surface area contributed by atoms with Crippen molar-refractivity contribution >= 4 is 34.0 Å². The van der Waals surface area contributed by atoms with Crippen molar-refractivity contribution in [2.45, 2.75) is 26.2 Å². The van der Waals surface area contributed by atoms with Gasteiger partial charge in [-0.05, 0) is 19.1 Å². The van der Waals surface area contributed by atoms with Crippen LogP contribution < -0.4 is 10.2 Å². The van der Waals surface area contributed by atoms with Crippen LogP contribution in [-0.4, -0.2) is 28.6 Å². The number of nitrogens with one attached hydrogen (secondary N) is 1. The number of hydrogen-bond donors (Lipinski definition) is 1. The summed E-state index contributed by atoms with van der Waals surface area (Å²) in [5.41, 5.74) is 2.07. The Kier molecular flexibility index (Phi) is 3.89. The zero-order valence-corrected chi connectivity index (χ0v) is 13.2. The normalized spacial score (nSPS) is 17.8. The lowest BCUT2D eigenvalue weighted by Gasteiger charge is -2.16. The van der Waals surface area contributed by atoms with E-state index in [4.69, 9.17) is 0 Å². The number of aryl methyl sites for hydroxylation is 1. The lowest BCUT2D eigenvalue weighted by molar-refractivity contribution is -0.117. The highest BCUT2D eigenvalue weighted by Gasteiger charge is 2.33. The third-order valence-corrected chi connectivity index (χ3v) is 4.54. The number of carbonyl (C=O) groups excluding carboxylic acids is 2. The van der Waals surface area contributed by atoms with Gasteiger partial charge in [0.2, 0.25) is 16.9 Å². The molecule has 1 aliphatic rings. The van der Waals surface area contributed by atoms with Crippen molar-refractivity contribution in [3.05, 3.63) is 34.8 Å². The van der Waals surface area contributed by atoms with E-state index in [-0.39, 0.29) is 17.7 Å². The number of aromatic nitrogens is 2. The van der Waals surface area contributed by atoms with Gasteiger partial charge in [0, 0.05) is 31.5 Å². The van der Waals surface area contributed by atoms with E-state index in [1.54, 1.807) is 4.90 Å². The van der Waals surface area contributed by atoms with E-state index in [1.807, 2.05) is 31.2 Å². The maximum absolute atomic E-state index is 12.2. The minimum Gasteiger partial charge on any atom is -0.312 e. The monoisotopic (exact) mass is 316 g/mol. The molecular formula is C15H16N4O2S. The van der Waals surface area contributed by atoms with Crippen molar-refractivity contribution in [2.75, 3.05) is 16.8 Å². The molecule has 1 aliphatic heterocycles. The fourth-order valence-electron chi connectivity index (χ4n) is 2.45. The number of anilines is 2. The minimum absolute atomic E-state index is 0.0220. The number of nitrogens with zero attached hydrogens (tertiary/aromatic N) is 3. The number of rotatable bonds is 3. The van der Waals surface area contributed by atoms with Crippen LogP contribution in [0.1, 0.15) is 29.8 Å². The van der Waals surface area contributed by atoms with Gasteiger partial charge in [-0.3, -0.25) is 9.59 Å². The molecule has 0 radical (unpaired) electrons. The molecule has 0 bridgehead atoms. The summed E-state index contributed by atoms with van der Waals surface area (Å²) in [6.45, 7) is 4.04. The van der Waals surface area contributed by atoms with Gasteiger partial charge in [0.15, 0.2) is 0 Å². The lowest BCUT2D eigenvalue weighted by Crippen LogP contribution is -2.24. The molecule has 0 unspecified atom stereocenters. The Morgan fingerprint density at radius 1 is 1.32 bits per heavy atom. The molecule has 1 aromatic heterocycles. The maximum Gasteiger partial charge on any atom is 0.227 e. The molecule has 1 atom stereocenters. The Labute approximate surface area is 132 Å². The predicted molar refractivity (Wildman–Crippen MR) is 85.1 cm³/mol. The standard InChI is InChI=1S/C15H16N4O2S/c1-9-3-5-12(6-4-9)19-8-11(7-13(19)21)14-17-18-15(22-14)16-10(2)20/h3-6,11H,7-8H2,1-2H3,(H,16,18,20)/t11-/m1/s1. The minimum atomic E-state index is -0.175. The van der Waals surface area contributed by atoms with Crippen LogP contribution in [0, 0.1) is 6.92 Å². The topological polar surface area (TPSA) is 75.2 Å². The molecular weight excluding hydrogens is 300 g/mol. The second kappa shape index (κ2) is 5.84. The van der Waals surface area contributed by atoms with Crippen molar-refractivity contribution in [2.24, 2.45) is 0 Å². The molecule has 6 nitrogen and oxygen atoms in total. The van der Waals surface area contributed by atoms with Crippen LogP contribution >= 0.6 is 11.3 Å². The van der Waals surface area contributed by atoms with Gasteiger partial charge in [0.05, 0.1) is 0 Å². The van der Waals surface area contributed by atoms with Crippen molar-refractivity contribution < 1.29 is 9.59 Å². The van der Waals surface area contributed by atoms with Gasteiger partial charge in [-0.15, -0.1) is 10.2 Å². The molecule has 2 amide bonds. The Hall–Kier alpha value is -2.28. The van der Waals surface area contributed by atoms with Gasteiger partial charge in [-0.25, -0.2) is 0 Å². The lowest BCUT2D eigenvalue weighted by atomic mass is 10.1. The summed E-state index contributed by atoms with van der Waals surface area (Å²) in [6, 6.07) is 7.91. The second-order valence-electron chi connectivity index (χ2n) is 5.37. The predicted octanol–water partition coefficient (Wildman–Crippen LogP) is 2.33. The van der Waals surface area contributed by atoms with E-state index in [0.717, 1.165) is 16.3 Å². The largest absolute Gasteiger partial charge is 0.312 e. The molecule has 1 fully saturated rings. The maximum atomic E-state index is 12.2. The third kappa shape index (κ3) is 2.99. The highest BCUT2D eigenvalue weighted by atomic mass is 32.1. The van der Waals surface area contributed by atoms with Gasteiger partial charge in [-0.1, -0.05) is 29.0 Å². The first-order valence-electron chi connectivity index (χ1n) is 7.01. The van der Waals surface area contributed by atoms with E-state index in [2.05, 4.69) is 15.5 Å². The average Bonchev–Trinajstić information content (AvgIpc) is 3.06. The van der Waals surface area contributed by atoms with E-state index in [0.29, 0.717) is 18.1 Å². The van der Waals surface area contributed by atoms with Crippen LogP contribution in [0.5, 0.6) is 0 Å². The Bertz CT molecular complexity index is 711. The number of amides is 2. The number of hydrogen-bond acceptors (Lipinski definition) is 5. The Balaban J connectivity index is 1.75. The zero-order chi connectivity index (χ0) is 15.7. The first kappa shape index (κ1) is 14.6. The SMILES string of the molecule is CC(=O)Nc1nnc([C@@H]2CC(=O)N(c3ccc(C)cc3)C2)s1. The first-order chi connectivity index (χ1) is 10.5. The highest BCUT2D eigenvalue weighted by Crippen LogP contribution is 2.34. The Morgan fingerprint density at radius 2 is 2.05 bits per heavy atom. The molecule has 0 spiro atoms. The molecule has 1 aromatic carbocycles. The molecule has 2 heterocycles. The van der Waals surface area contributed by atoms with Crippen molar-refractivity contribution in [3.63, 3.8) is 0 Å². The van der Waals surface area contributed by atoms with Gasteiger partial charge < -0.3 is 10.2 Å². The van der Waals surface area contributed by atoms with Crippen molar-refractivity contribution in [3.8, 4) is 0 Å². The highest BCUT2D eigenvalue weighted by molar-refractivity contribution is 7.15. The molecule has 1 N–H and O–H groups in total. The molecule has 0 aliphatic carbocycles. The molecule has 1 saturated heterocycles. The van der Waals surface area contributed by atoms with E-state index >= 15 is 0 Å². The van der Waals surface area contributed by atoms with Gasteiger partial charge in [-0.2, -0.15) is 0 Å². The molecule has 3 rings (SSSR count). The van der Waals surface area contributed by atoms with Gasteiger partial charge in [0.1, 0.15) is 5.01 Å². The fraction of sp³-hybridized carbons (Fsp3) is 0.333. The molecule has 2 aromatic rings. The second-order valence-corrected chi connectivity index (χ2v) is 6.38. The molecule has 0 saturated carbocycles. The summed E-state index contributed by atoms with van der Waals surface area (Å²) in [4.78, 5) is 25.0. The summed E-state index contributed by atoms with van der Waals surface area (Å²) in [5.74, 6) is -0.0644. The summed E-state index contributed by atoms with van der Waals surface area (Å²) >= 11 is 1.33. The quantitative estimate of drug-likeness (QED) is 0.943. The smallest absolute Gasteiger partial charge is 0.227 e. The van der Waals surface area contributed by atoms with E-state index < -0.39 is 0 Å². The fourth-order valence-corrected chi connectivity index (χ4v) is 3.33. The summed E-state index contributed by atoms with van der Waals surface area (Å²) in [5, 5.41) is 11.9. The average molecular weight is 316 g/mol. The molecule has 22 heavy (non-hydrogen) atoms. The zero-order valence-electron chi connectivity index (χ0n) is 12.4. The van der Waals surface area contributed by atoms with Crippen molar-refractivity contribution in [1.82, 2.24) is 10.2 Å². The van der Waals surface area contributed by atoms with Gasteiger partial charge in [0.25, 0.3) is 0 Å². The Morgan fingerprint density at radius 3 is 2.73 bits per heavy atom. The van der Waals surface area contributed by atoms with E-state index in [1.165, 1.54) is 18.3 Å². The number of carbonyl (C=O) groups is 2. The first-order valence-corrected chi connectivity index (χ1v) is 7.82. The van der Waals surface area contributed by atoms with Gasteiger partial charge >= 0.3 is 0 Å². The van der Waals surface area contributed by atoms with E-state index in [9.17, 15) is 9.59 Å². The van der Waals surface area contributed by atoms with Crippen LogP contribution in [0.15, 0.2) is 24.3 Å². The number of benzene rings is 1. The van der Waals surface area contributed by atoms with Crippen LogP contribution in [0.2, 0.25) is 0 Å². The van der Waals surface area contributed by atoms with Crippen LogP contribution in [0.25, 0.3) is 0 Å². The summed E-state index contributed by atoms with van der Waals surface area (Å²) < 4.78 is 0. The van der Waals surface area contributed by atoms with Crippen LogP contribution in [0.4, 0.5) is 10.8 Å².